The highest BCUT2D eigenvalue weighted by Gasteiger charge is 2.11. The Morgan fingerprint density at radius 3 is 2.50 bits per heavy atom. The molecule has 0 saturated carbocycles. The van der Waals surface area contributed by atoms with E-state index in [-0.39, 0.29) is 12.1 Å². The predicted octanol–water partition coefficient (Wildman–Crippen LogP) is 3.02. The fourth-order valence-electron chi connectivity index (χ4n) is 1.97. The van der Waals surface area contributed by atoms with Gasteiger partial charge in [0.2, 0.25) is 0 Å². The molecular formula is C15H19F2N3. The molecule has 0 atom stereocenters. The third kappa shape index (κ3) is 3.42. The molecule has 1 N–H and O–H groups in total. The molecule has 0 aliphatic rings. The molecule has 0 aliphatic carbocycles. The van der Waals surface area contributed by atoms with Crippen LogP contribution in [0.1, 0.15) is 30.7 Å². The molecule has 0 saturated heterocycles. The average molecular weight is 279 g/mol. The summed E-state index contributed by atoms with van der Waals surface area (Å²) in [5, 5.41) is 7.61. The summed E-state index contributed by atoms with van der Waals surface area (Å²) < 4.78 is 28.8. The van der Waals surface area contributed by atoms with Crippen molar-refractivity contribution in [3.8, 4) is 0 Å². The number of nitrogens with zero attached hydrogens (tertiary/aromatic N) is 2. The Bertz CT molecular complexity index is 571. The summed E-state index contributed by atoms with van der Waals surface area (Å²) in [7, 11) is 0. The summed E-state index contributed by atoms with van der Waals surface area (Å²) in [6.07, 6.45) is 1.83. The molecular weight excluding hydrogens is 260 g/mol. The maximum absolute atomic E-state index is 13.6. The standard InChI is InChI=1S/C15H19F2N3/c1-10(2)18-7-12-8-20(19-11(12)3)9-13-14(16)5-4-6-15(13)17/h4-6,8,10,18H,7,9H2,1-3H3. The third-order valence-corrected chi connectivity index (χ3v) is 3.13. The molecule has 0 unspecified atom stereocenters. The Labute approximate surface area is 117 Å². The molecule has 1 aromatic carbocycles. The molecule has 5 heteroatoms. The van der Waals surface area contributed by atoms with Crippen molar-refractivity contribution < 1.29 is 8.78 Å². The van der Waals surface area contributed by atoms with Crippen molar-refractivity contribution in [2.75, 3.05) is 0 Å². The van der Waals surface area contributed by atoms with E-state index in [2.05, 4.69) is 24.3 Å². The van der Waals surface area contributed by atoms with Crippen LogP contribution in [0.15, 0.2) is 24.4 Å². The molecule has 0 fully saturated rings. The molecule has 1 heterocycles. The second-order valence-electron chi connectivity index (χ2n) is 5.17. The van der Waals surface area contributed by atoms with Gasteiger partial charge < -0.3 is 5.32 Å². The fraction of sp³-hybridized carbons (Fsp3) is 0.400. The van der Waals surface area contributed by atoms with Gasteiger partial charge in [-0.3, -0.25) is 4.68 Å². The van der Waals surface area contributed by atoms with Crippen molar-refractivity contribution in [3.63, 3.8) is 0 Å². The highest BCUT2D eigenvalue weighted by atomic mass is 19.1. The zero-order chi connectivity index (χ0) is 14.7. The van der Waals surface area contributed by atoms with E-state index >= 15 is 0 Å². The molecule has 0 bridgehead atoms. The van der Waals surface area contributed by atoms with Crippen LogP contribution in [0.4, 0.5) is 8.78 Å². The van der Waals surface area contributed by atoms with Gasteiger partial charge in [-0.25, -0.2) is 8.78 Å². The first-order valence-electron chi connectivity index (χ1n) is 6.66. The Hall–Kier alpha value is -1.75. The summed E-state index contributed by atoms with van der Waals surface area (Å²) in [4.78, 5) is 0. The summed E-state index contributed by atoms with van der Waals surface area (Å²) in [6, 6.07) is 4.26. The number of aryl methyl sites for hydroxylation is 1. The van der Waals surface area contributed by atoms with E-state index in [9.17, 15) is 8.78 Å². The van der Waals surface area contributed by atoms with Gasteiger partial charge in [-0.2, -0.15) is 5.10 Å². The number of nitrogens with one attached hydrogen (secondary N) is 1. The largest absolute Gasteiger partial charge is 0.310 e. The first kappa shape index (κ1) is 14.7. The topological polar surface area (TPSA) is 29.9 Å². The van der Waals surface area contributed by atoms with E-state index in [4.69, 9.17) is 0 Å². The Kier molecular flexibility index (Phi) is 4.49. The van der Waals surface area contributed by atoms with Crippen LogP contribution >= 0.6 is 0 Å². The third-order valence-electron chi connectivity index (χ3n) is 3.13. The van der Waals surface area contributed by atoms with Crippen LogP contribution in [0.25, 0.3) is 0 Å². The van der Waals surface area contributed by atoms with Gasteiger partial charge >= 0.3 is 0 Å². The second-order valence-corrected chi connectivity index (χ2v) is 5.17. The maximum atomic E-state index is 13.6. The van der Waals surface area contributed by atoms with Gasteiger partial charge in [-0.15, -0.1) is 0 Å². The van der Waals surface area contributed by atoms with E-state index in [1.165, 1.54) is 18.2 Å². The monoisotopic (exact) mass is 279 g/mol. The van der Waals surface area contributed by atoms with Crippen LogP contribution < -0.4 is 5.32 Å². The minimum Gasteiger partial charge on any atom is -0.310 e. The maximum Gasteiger partial charge on any atom is 0.131 e. The van der Waals surface area contributed by atoms with Crippen molar-refractivity contribution in [2.45, 2.75) is 39.9 Å². The molecule has 0 spiro atoms. The number of benzene rings is 1. The SMILES string of the molecule is Cc1nn(Cc2c(F)cccc2F)cc1CNC(C)C. The zero-order valence-electron chi connectivity index (χ0n) is 12.0. The molecule has 2 rings (SSSR count). The second kappa shape index (κ2) is 6.13. The molecule has 1 aromatic heterocycles. The normalized spacial score (nSPS) is 11.3. The van der Waals surface area contributed by atoms with E-state index < -0.39 is 11.6 Å². The number of hydrogen-bond donors (Lipinski definition) is 1. The van der Waals surface area contributed by atoms with Crippen molar-refractivity contribution in [2.24, 2.45) is 0 Å². The van der Waals surface area contributed by atoms with Crippen LogP contribution in [-0.4, -0.2) is 15.8 Å². The minimum absolute atomic E-state index is 0.0402. The highest BCUT2D eigenvalue weighted by molar-refractivity contribution is 5.21. The number of rotatable bonds is 5. The van der Waals surface area contributed by atoms with Crippen molar-refractivity contribution in [3.05, 3.63) is 52.9 Å². The van der Waals surface area contributed by atoms with Crippen LogP contribution in [0.2, 0.25) is 0 Å². The van der Waals surface area contributed by atoms with Crippen LogP contribution in [0.3, 0.4) is 0 Å². The molecule has 20 heavy (non-hydrogen) atoms. The molecule has 0 aliphatic heterocycles. The Morgan fingerprint density at radius 2 is 1.90 bits per heavy atom. The lowest BCUT2D eigenvalue weighted by atomic mass is 10.2. The predicted molar refractivity (Wildman–Crippen MR) is 74.4 cm³/mol. The first-order valence-corrected chi connectivity index (χ1v) is 6.66. The van der Waals surface area contributed by atoms with Gasteiger partial charge in [0.1, 0.15) is 11.6 Å². The lowest BCUT2D eigenvalue weighted by Gasteiger charge is -2.06. The summed E-state index contributed by atoms with van der Waals surface area (Å²) >= 11 is 0. The van der Waals surface area contributed by atoms with Gasteiger partial charge in [-0.05, 0) is 19.1 Å². The van der Waals surface area contributed by atoms with Gasteiger partial charge in [0.15, 0.2) is 0 Å². The van der Waals surface area contributed by atoms with Gasteiger partial charge in [0.05, 0.1) is 12.2 Å². The summed E-state index contributed by atoms with van der Waals surface area (Å²) in [5.74, 6) is -1.08. The summed E-state index contributed by atoms with van der Waals surface area (Å²) in [6.45, 7) is 6.82. The van der Waals surface area contributed by atoms with E-state index in [1.54, 1.807) is 4.68 Å². The lowest BCUT2D eigenvalue weighted by Crippen LogP contribution is -2.21. The van der Waals surface area contributed by atoms with Crippen molar-refractivity contribution in [1.29, 1.82) is 0 Å². The average Bonchev–Trinajstić information content (AvgIpc) is 2.72. The Balaban J connectivity index is 2.16. The number of hydrogen-bond acceptors (Lipinski definition) is 2. The van der Waals surface area contributed by atoms with Crippen LogP contribution in [-0.2, 0) is 13.1 Å². The van der Waals surface area contributed by atoms with Crippen LogP contribution in [0.5, 0.6) is 0 Å². The quantitative estimate of drug-likeness (QED) is 0.911. The van der Waals surface area contributed by atoms with Gasteiger partial charge in [-0.1, -0.05) is 19.9 Å². The van der Waals surface area contributed by atoms with Crippen molar-refractivity contribution >= 4 is 0 Å². The van der Waals surface area contributed by atoms with Gasteiger partial charge in [0.25, 0.3) is 0 Å². The zero-order valence-corrected chi connectivity index (χ0v) is 12.0. The molecule has 3 nitrogen and oxygen atoms in total. The van der Waals surface area contributed by atoms with E-state index in [0.717, 1.165) is 11.3 Å². The number of aromatic nitrogens is 2. The molecule has 0 radical (unpaired) electrons. The van der Waals surface area contributed by atoms with E-state index in [0.29, 0.717) is 12.6 Å². The fourth-order valence-corrected chi connectivity index (χ4v) is 1.97. The van der Waals surface area contributed by atoms with E-state index in [1.807, 2.05) is 13.1 Å². The van der Waals surface area contributed by atoms with Crippen molar-refractivity contribution in [1.82, 2.24) is 15.1 Å². The molecule has 0 amide bonds. The first-order chi connectivity index (χ1) is 9.47. The molecule has 2 aromatic rings. The highest BCUT2D eigenvalue weighted by Crippen LogP contribution is 2.15. The Morgan fingerprint density at radius 1 is 1.25 bits per heavy atom. The minimum atomic E-state index is -0.542. The smallest absolute Gasteiger partial charge is 0.131 e. The van der Waals surface area contributed by atoms with Gasteiger partial charge in [0, 0.05) is 29.9 Å². The number of halogens is 2. The summed E-state index contributed by atoms with van der Waals surface area (Å²) in [5.41, 5.74) is 1.95. The van der Waals surface area contributed by atoms with Crippen LogP contribution in [0, 0.1) is 18.6 Å². The lowest BCUT2D eigenvalue weighted by molar-refractivity contribution is 0.532. The molecule has 108 valence electrons.